The third-order valence-corrected chi connectivity index (χ3v) is 1.41. The zero-order valence-electron chi connectivity index (χ0n) is 5.65. The molecule has 0 unspecified atom stereocenters. The van der Waals surface area contributed by atoms with Crippen LogP contribution in [0, 0.1) is 0 Å². The second-order valence-corrected chi connectivity index (χ2v) is 2.04. The summed E-state index contributed by atoms with van der Waals surface area (Å²) in [5.41, 5.74) is 5.41. The standard InChI is InChI=1S/C9H10/c1-3-8(2)9-6-4-5-7-9/h4-6H,2-3H2,1H3. The van der Waals surface area contributed by atoms with E-state index in [0.717, 1.165) is 12.0 Å². The molecule has 0 heteroatoms. The molecule has 9 heavy (non-hydrogen) atoms. The van der Waals surface area contributed by atoms with Gasteiger partial charge in [-0.1, -0.05) is 19.6 Å². The summed E-state index contributed by atoms with van der Waals surface area (Å²) in [7, 11) is 0. The van der Waals surface area contributed by atoms with Gasteiger partial charge in [0, 0.05) is 5.57 Å². The van der Waals surface area contributed by atoms with E-state index in [1.54, 1.807) is 0 Å². The molecule has 0 aromatic rings. The Kier molecular flexibility index (Phi) is 1.72. The Balaban J connectivity index is 2.75. The Labute approximate surface area is 55.9 Å². The Bertz CT molecular complexity index is 210. The molecular weight excluding hydrogens is 108 g/mol. The molecule has 0 saturated heterocycles. The summed E-state index contributed by atoms with van der Waals surface area (Å²) in [6, 6.07) is 0. The van der Waals surface area contributed by atoms with Crippen molar-refractivity contribution in [1.82, 2.24) is 0 Å². The van der Waals surface area contributed by atoms with Gasteiger partial charge in [0.05, 0.1) is 0 Å². The van der Waals surface area contributed by atoms with Crippen LogP contribution < -0.4 is 0 Å². The topological polar surface area (TPSA) is 0 Å². The van der Waals surface area contributed by atoms with Crippen molar-refractivity contribution < 1.29 is 0 Å². The van der Waals surface area contributed by atoms with Crippen molar-refractivity contribution in [3.05, 3.63) is 41.7 Å². The van der Waals surface area contributed by atoms with Gasteiger partial charge in [0.1, 0.15) is 0 Å². The molecule has 0 bridgehead atoms. The monoisotopic (exact) mass is 118 g/mol. The van der Waals surface area contributed by atoms with Crippen LogP contribution in [0.3, 0.4) is 0 Å². The maximum Gasteiger partial charge on any atom is 0.0190 e. The molecule has 0 N–H and O–H groups in total. The van der Waals surface area contributed by atoms with Crippen LogP contribution in [0.1, 0.15) is 13.3 Å². The van der Waals surface area contributed by atoms with Crippen molar-refractivity contribution in [3.8, 4) is 0 Å². The van der Waals surface area contributed by atoms with E-state index in [0.29, 0.717) is 0 Å². The van der Waals surface area contributed by atoms with Crippen LogP contribution in [0.4, 0.5) is 0 Å². The average molecular weight is 118 g/mol. The highest BCUT2D eigenvalue weighted by Gasteiger charge is 1.95. The molecule has 0 saturated carbocycles. The lowest BCUT2D eigenvalue weighted by atomic mass is 10.1. The van der Waals surface area contributed by atoms with Crippen LogP contribution in [0.2, 0.25) is 0 Å². The predicted octanol–water partition coefficient (Wildman–Crippen LogP) is 2.60. The summed E-state index contributed by atoms with van der Waals surface area (Å²) in [6.07, 6.45) is 6.94. The van der Waals surface area contributed by atoms with Crippen LogP contribution in [0.5, 0.6) is 0 Å². The Morgan fingerprint density at radius 3 is 3.00 bits per heavy atom. The zero-order chi connectivity index (χ0) is 6.69. The molecule has 0 aromatic carbocycles. The van der Waals surface area contributed by atoms with Crippen molar-refractivity contribution in [2.24, 2.45) is 0 Å². The zero-order valence-corrected chi connectivity index (χ0v) is 5.65. The van der Waals surface area contributed by atoms with Crippen LogP contribution in [0.25, 0.3) is 0 Å². The summed E-state index contributed by atoms with van der Waals surface area (Å²) in [4.78, 5) is 0. The molecule has 0 aliphatic heterocycles. The maximum absolute atomic E-state index is 3.88. The molecule has 0 nitrogen and oxygen atoms in total. The van der Waals surface area contributed by atoms with Crippen LogP contribution in [-0.2, 0) is 0 Å². The van der Waals surface area contributed by atoms with Crippen molar-refractivity contribution in [2.45, 2.75) is 13.3 Å². The second-order valence-electron chi connectivity index (χ2n) is 2.04. The number of allylic oxidation sites excluding steroid dienone is 4. The van der Waals surface area contributed by atoms with Crippen LogP contribution in [-0.4, -0.2) is 0 Å². The Morgan fingerprint density at radius 1 is 1.78 bits per heavy atom. The van der Waals surface area contributed by atoms with E-state index < -0.39 is 0 Å². The molecule has 46 valence electrons. The Morgan fingerprint density at radius 2 is 2.56 bits per heavy atom. The van der Waals surface area contributed by atoms with Gasteiger partial charge in [-0.15, -0.1) is 5.73 Å². The number of hydrogen-bond acceptors (Lipinski definition) is 0. The van der Waals surface area contributed by atoms with Gasteiger partial charge in [-0.05, 0) is 24.1 Å². The first kappa shape index (κ1) is 6.12. The van der Waals surface area contributed by atoms with Crippen molar-refractivity contribution in [2.75, 3.05) is 0 Å². The molecule has 0 radical (unpaired) electrons. The van der Waals surface area contributed by atoms with E-state index in [9.17, 15) is 0 Å². The number of rotatable bonds is 2. The highest BCUT2D eigenvalue weighted by Crippen LogP contribution is 2.13. The van der Waals surface area contributed by atoms with E-state index >= 15 is 0 Å². The summed E-state index contributed by atoms with van der Waals surface area (Å²) in [5.74, 6) is 0. The van der Waals surface area contributed by atoms with Crippen molar-refractivity contribution in [1.29, 1.82) is 0 Å². The van der Waals surface area contributed by atoms with E-state index in [1.807, 2.05) is 18.2 Å². The van der Waals surface area contributed by atoms with Gasteiger partial charge in [-0.25, -0.2) is 0 Å². The lowest BCUT2D eigenvalue weighted by molar-refractivity contribution is 1.14. The fourth-order valence-electron chi connectivity index (χ4n) is 0.741. The summed E-state index contributed by atoms with van der Waals surface area (Å²) >= 11 is 0. The minimum Gasteiger partial charge on any atom is -0.113 e. The average Bonchev–Trinajstić information content (AvgIpc) is 2.37. The lowest BCUT2D eigenvalue weighted by Crippen LogP contribution is -1.77. The van der Waals surface area contributed by atoms with E-state index in [1.165, 1.54) is 5.57 Å². The van der Waals surface area contributed by atoms with Gasteiger partial charge < -0.3 is 0 Å². The second kappa shape index (κ2) is 2.52. The van der Waals surface area contributed by atoms with Crippen LogP contribution >= 0.6 is 0 Å². The molecule has 0 spiro atoms. The Hall–Kier alpha value is -1.00. The van der Waals surface area contributed by atoms with E-state index in [-0.39, 0.29) is 0 Å². The smallest absolute Gasteiger partial charge is 0.0190 e. The normalized spacial score (nSPS) is 14.1. The highest BCUT2D eigenvalue weighted by molar-refractivity contribution is 5.42. The summed E-state index contributed by atoms with van der Waals surface area (Å²) in [6.45, 7) is 5.98. The van der Waals surface area contributed by atoms with Gasteiger partial charge in [-0.3, -0.25) is 0 Å². The van der Waals surface area contributed by atoms with Gasteiger partial charge in [0.15, 0.2) is 0 Å². The fourth-order valence-corrected chi connectivity index (χ4v) is 0.741. The molecule has 0 aromatic heterocycles. The van der Waals surface area contributed by atoms with Crippen LogP contribution in [0.15, 0.2) is 41.7 Å². The van der Waals surface area contributed by atoms with Crippen molar-refractivity contribution >= 4 is 0 Å². The van der Waals surface area contributed by atoms with Gasteiger partial charge in [-0.2, -0.15) is 0 Å². The minimum absolute atomic E-state index is 1.01. The molecule has 1 aliphatic carbocycles. The first-order valence-electron chi connectivity index (χ1n) is 3.16. The molecule has 0 amide bonds. The molecule has 1 aliphatic rings. The fraction of sp³-hybridized carbons (Fsp3) is 0.222. The molecule has 1 rings (SSSR count). The predicted molar refractivity (Wildman–Crippen MR) is 40.2 cm³/mol. The lowest BCUT2D eigenvalue weighted by Gasteiger charge is -1.95. The van der Waals surface area contributed by atoms with Gasteiger partial charge >= 0.3 is 0 Å². The first-order valence-corrected chi connectivity index (χ1v) is 3.16. The highest BCUT2D eigenvalue weighted by atomic mass is 14.0. The third kappa shape index (κ3) is 1.22. The molecule has 0 heterocycles. The number of hydrogen-bond donors (Lipinski definition) is 0. The summed E-state index contributed by atoms with van der Waals surface area (Å²) in [5, 5.41) is 0. The SMILES string of the molecule is C=C(CC)C1=C=CC=C1. The van der Waals surface area contributed by atoms with Gasteiger partial charge in [0.2, 0.25) is 0 Å². The third-order valence-electron chi connectivity index (χ3n) is 1.41. The molecule has 0 fully saturated rings. The summed E-state index contributed by atoms with van der Waals surface area (Å²) < 4.78 is 0. The largest absolute Gasteiger partial charge is 0.113 e. The quantitative estimate of drug-likeness (QED) is 0.489. The molecule has 0 atom stereocenters. The van der Waals surface area contributed by atoms with E-state index in [2.05, 4.69) is 19.2 Å². The maximum atomic E-state index is 3.88. The van der Waals surface area contributed by atoms with E-state index in [4.69, 9.17) is 0 Å². The first-order chi connectivity index (χ1) is 4.34. The minimum atomic E-state index is 1.01. The van der Waals surface area contributed by atoms with Crippen molar-refractivity contribution in [3.63, 3.8) is 0 Å². The van der Waals surface area contributed by atoms with Gasteiger partial charge in [0.25, 0.3) is 0 Å². The molecular formula is C9H10.